The predicted molar refractivity (Wildman–Crippen MR) is 79.8 cm³/mol. The minimum absolute atomic E-state index is 0.0825. The van der Waals surface area contributed by atoms with Gasteiger partial charge in [-0.1, -0.05) is 25.4 Å². The van der Waals surface area contributed by atoms with Crippen molar-refractivity contribution in [2.24, 2.45) is 5.41 Å². The van der Waals surface area contributed by atoms with Crippen LogP contribution >= 0.6 is 11.6 Å². The molecule has 116 valence electrons. The van der Waals surface area contributed by atoms with E-state index in [1.807, 2.05) is 0 Å². The van der Waals surface area contributed by atoms with Gasteiger partial charge in [0.1, 0.15) is 5.02 Å². The van der Waals surface area contributed by atoms with Gasteiger partial charge >= 0.3 is 0 Å². The molecule has 1 aromatic carbocycles. The molecule has 1 saturated carbocycles. The van der Waals surface area contributed by atoms with Crippen LogP contribution in [0.15, 0.2) is 23.1 Å². The molecular weight excluding hydrogens is 316 g/mol. The fourth-order valence-electron chi connectivity index (χ4n) is 2.62. The second-order valence-electron chi connectivity index (χ2n) is 6.10. The highest BCUT2D eigenvalue weighted by atomic mass is 35.5. The van der Waals surface area contributed by atoms with E-state index in [0.29, 0.717) is 0 Å². The summed E-state index contributed by atoms with van der Waals surface area (Å²) in [5.74, 6) is 0. The first-order chi connectivity index (χ1) is 9.61. The van der Waals surface area contributed by atoms with E-state index in [2.05, 4.69) is 18.6 Å². The Labute approximate surface area is 128 Å². The Morgan fingerprint density at radius 2 is 2.10 bits per heavy atom. The highest BCUT2D eigenvalue weighted by Gasteiger charge is 2.33. The molecule has 0 aromatic heterocycles. The molecule has 0 spiro atoms. The number of nitro benzene ring substituents is 1. The summed E-state index contributed by atoms with van der Waals surface area (Å²) in [6.45, 7) is 4.18. The van der Waals surface area contributed by atoms with E-state index in [1.165, 1.54) is 12.1 Å². The van der Waals surface area contributed by atoms with E-state index in [9.17, 15) is 18.5 Å². The van der Waals surface area contributed by atoms with Crippen LogP contribution in [0.1, 0.15) is 33.1 Å². The van der Waals surface area contributed by atoms with Crippen LogP contribution in [-0.4, -0.2) is 19.4 Å². The molecule has 2 rings (SSSR count). The third kappa shape index (κ3) is 3.72. The lowest BCUT2D eigenvalue weighted by Crippen LogP contribution is -2.33. The molecule has 1 N–H and O–H groups in total. The van der Waals surface area contributed by atoms with Crippen LogP contribution in [0.2, 0.25) is 5.02 Å². The second kappa shape index (κ2) is 5.55. The zero-order valence-corrected chi connectivity index (χ0v) is 13.4. The SMILES string of the molecule is CC1(C)CCC(NS(=O)(=O)c2ccc(Cl)c([N+](=O)[O-])c2)C1. The van der Waals surface area contributed by atoms with Crippen molar-refractivity contribution in [2.45, 2.75) is 44.0 Å². The largest absolute Gasteiger partial charge is 0.289 e. The van der Waals surface area contributed by atoms with Gasteiger partial charge in [-0.3, -0.25) is 10.1 Å². The predicted octanol–water partition coefficient (Wildman–Crippen LogP) is 3.11. The van der Waals surface area contributed by atoms with E-state index in [-0.39, 0.29) is 21.4 Å². The van der Waals surface area contributed by atoms with Crippen molar-refractivity contribution >= 4 is 27.3 Å². The summed E-state index contributed by atoms with van der Waals surface area (Å²) >= 11 is 5.69. The number of benzene rings is 1. The highest BCUT2D eigenvalue weighted by molar-refractivity contribution is 7.89. The molecule has 0 aliphatic heterocycles. The van der Waals surface area contributed by atoms with E-state index in [4.69, 9.17) is 11.6 Å². The number of rotatable bonds is 4. The third-order valence-corrected chi connectivity index (χ3v) is 5.55. The van der Waals surface area contributed by atoms with Gasteiger partial charge in [-0.25, -0.2) is 13.1 Å². The maximum Gasteiger partial charge on any atom is 0.289 e. The van der Waals surface area contributed by atoms with E-state index < -0.39 is 20.6 Å². The molecule has 21 heavy (non-hydrogen) atoms. The monoisotopic (exact) mass is 332 g/mol. The standard InChI is InChI=1S/C13H17ClN2O4S/c1-13(2)6-5-9(8-13)15-21(19,20)10-3-4-11(14)12(7-10)16(17)18/h3-4,7,9,15H,5-6,8H2,1-2H3. The Hall–Kier alpha value is -1.18. The summed E-state index contributed by atoms with van der Waals surface area (Å²) in [4.78, 5) is 10.0. The second-order valence-corrected chi connectivity index (χ2v) is 8.22. The Bertz CT molecular complexity index is 673. The van der Waals surface area contributed by atoms with Crippen molar-refractivity contribution in [1.29, 1.82) is 0 Å². The van der Waals surface area contributed by atoms with Gasteiger partial charge in [-0.05, 0) is 36.8 Å². The average Bonchev–Trinajstić information content (AvgIpc) is 2.67. The van der Waals surface area contributed by atoms with E-state index in [1.54, 1.807) is 0 Å². The summed E-state index contributed by atoms with van der Waals surface area (Å²) in [7, 11) is -3.78. The lowest BCUT2D eigenvalue weighted by Gasteiger charge is -2.18. The van der Waals surface area contributed by atoms with Crippen molar-refractivity contribution in [3.05, 3.63) is 33.3 Å². The first kappa shape index (κ1) is 16.2. The molecule has 1 fully saturated rings. The average molecular weight is 333 g/mol. The molecular formula is C13H17ClN2O4S. The third-order valence-electron chi connectivity index (χ3n) is 3.71. The summed E-state index contributed by atoms with van der Waals surface area (Å²) in [5.41, 5.74) is -0.301. The number of hydrogen-bond donors (Lipinski definition) is 1. The normalized spacial score (nSPS) is 21.4. The molecule has 6 nitrogen and oxygen atoms in total. The molecule has 1 aliphatic rings. The zero-order chi connectivity index (χ0) is 15.8. The number of nitro groups is 1. The van der Waals surface area contributed by atoms with Gasteiger partial charge in [-0.2, -0.15) is 0 Å². The molecule has 0 radical (unpaired) electrons. The first-order valence-electron chi connectivity index (χ1n) is 6.57. The highest BCUT2D eigenvalue weighted by Crippen LogP contribution is 2.37. The summed E-state index contributed by atoms with van der Waals surface area (Å²) in [5, 5.41) is 10.8. The zero-order valence-electron chi connectivity index (χ0n) is 11.8. The molecule has 1 unspecified atom stereocenters. The van der Waals surface area contributed by atoms with Crippen LogP contribution in [0.4, 0.5) is 5.69 Å². The van der Waals surface area contributed by atoms with E-state index >= 15 is 0 Å². The lowest BCUT2D eigenvalue weighted by atomic mass is 9.92. The fraction of sp³-hybridized carbons (Fsp3) is 0.538. The summed E-state index contributed by atoms with van der Waals surface area (Å²) in [6, 6.07) is 3.36. The number of hydrogen-bond acceptors (Lipinski definition) is 4. The molecule has 0 bridgehead atoms. The lowest BCUT2D eigenvalue weighted by molar-refractivity contribution is -0.384. The van der Waals surface area contributed by atoms with Crippen LogP contribution in [0.3, 0.4) is 0 Å². The van der Waals surface area contributed by atoms with Crippen LogP contribution in [-0.2, 0) is 10.0 Å². The van der Waals surface area contributed by atoms with Crippen LogP contribution < -0.4 is 4.72 Å². The minimum Gasteiger partial charge on any atom is -0.258 e. The van der Waals surface area contributed by atoms with E-state index in [0.717, 1.165) is 25.3 Å². The topological polar surface area (TPSA) is 89.3 Å². The van der Waals surface area contributed by atoms with Gasteiger partial charge in [-0.15, -0.1) is 0 Å². The Morgan fingerprint density at radius 1 is 1.43 bits per heavy atom. The molecule has 0 saturated heterocycles. The Kier molecular flexibility index (Phi) is 4.28. The number of halogens is 1. The van der Waals surface area contributed by atoms with Crippen molar-refractivity contribution in [2.75, 3.05) is 0 Å². The first-order valence-corrected chi connectivity index (χ1v) is 8.43. The van der Waals surface area contributed by atoms with Gasteiger partial charge < -0.3 is 0 Å². The quantitative estimate of drug-likeness (QED) is 0.677. The maximum atomic E-state index is 12.3. The molecule has 0 heterocycles. The van der Waals surface area contributed by atoms with Crippen LogP contribution in [0.25, 0.3) is 0 Å². The Balaban J connectivity index is 2.24. The van der Waals surface area contributed by atoms with Gasteiger partial charge in [0, 0.05) is 12.1 Å². The van der Waals surface area contributed by atoms with Gasteiger partial charge in [0.2, 0.25) is 10.0 Å². The minimum atomic E-state index is -3.78. The van der Waals surface area contributed by atoms with Crippen LogP contribution in [0.5, 0.6) is 0 Å². The summed E-state index contributed by atoms with van der Waals surface area (Å²) in [6.07, 6.45) is 2.46. The molecule has 0 amide bonds. The number of sulfonamides is 1. The van der Waals surface area contributed by atoms with Crippen molar-refractivity contribution < 1.29 is 13.3 Å². The van der Waals surface area contributed by atoms with Crippen LogP contribution in [0, 0.1) is 15.5 Å². The fourth-order valence-corrected chi connectivity index (χ4v) is 4.10. The molecule has 1 aromatic rings. The van der Waals surface area contributed by atoms with Crippen molar-refractivity contribution in [1.82, 2.24) is 4.72 Å². The van der Waals surface area contributed by atoms with Crippen molar-refractivity contribution in [3.8, 4) is 0 Å². The molecule has 1 aliphatic carbocycles. The number of nitrogens with one attached hydrogen (secondary N) is 1. The van der Waals surface area contributed by atoms with Gasteiger partial charge in [0.25, 0.3) is 5.69 Å². The summed E-state index contributed by atoms with van der Waals surface area (Å²) < 4.78 is 27.2. The Morgan fingerprint density at radius 3 is 2.62 bits per heavy atom. The van der Waals surface area contributed by atoms with Gasteiger partial charge in [0.05, 0.1) is 9.82 Å². The molecule has 1 atom stereocenters. The van der Waals surface area contributed by atoms with Gasteiger partial charge in [0.15, 0.2) is 0 Å². The number of nitrogens with zero attached hydrogens (tertiary/aromatic N) is 1. The van der Waals surface area contributed by atoms with Crippen molar-refractivity contribution in [3.63, 3.8) is 0 Å². The smallest absolute Gasteiger partial charge is 0.258 e. The molecule has 8 heteroatoms. The maximum absolute atomic E-state index is 12.3.